The number of thiazole rings is 2. The fraction of sp³-hybridized carbons (Fsp3) is 0.415. The van der Waals surface area contributed by atoms with Crippen LogP contribution in [-0.4, -0.2) is 91.9 Å². The second kappa shape index (κ2) is 14.4. The van der Waals surface area contributed by atoms with Gasteiger partial charge in [0.25, 0.3) is 0 Å². The van der Waals surface area contributed by atoms with E-state index in [9.17, 15) is 0 Å². The highest BCUT2D eigenvalue weighted by atomic mass is 32.1. The zero-order valence-corrected chi connectivity index (χ0v) is 36.1. The lowest BCUT2D eigenvalue weighted by Gasteiger charge is -2.45. The number of hydrogen-bond acceptors (Lipinski definition) is 16. The smallest absolute Gasteiger partial charge is 0.165 e. The fourth-order valence-electron chi connectivity index (χ4n) is 10.3. The summed E-state index contributed by atoms with van der Waals surface area (Å²) in [5.41, 5.74) is 10.2. The van der Waals surface area contributed by atoms with Gasteiger partial charge in [0.05, 0.1) is 69.7 Å². The standard InChI is InChI=1S/C21H23N9S.C20H21N9S/c1-4-13-6-7-21(5-2)20-28-26-12(3)29(20)16-9-22-18(25-19(16)30(13)21)14-8-24-27-17(14)15-10-31-11-23-15;1-3-12-5-6-20(4-2)19-27-24-10-28(19)15-8-21-17(25-18(15)29(12)20)13-7-23-26-16(13)14-9-30-11-22-14/h8-11,13H,4-7H2,1-3H3,(H,24,27);7-12H,3-6H2,1-2H3,(H,23,26)/t13-,21+;12-,20+/m11/s1. The van der Waals surface area contributed by atoms with E-state index in [1.54, 1.807) is 41.4 Å². The molecule has 0 aromatic carbocycles. The largest absolute Gasteiger partial charge is 0.339 e. The van der Waals surface area contributed by atoms with E-state index in [1.165, 1.54) is 0 Å². The third-order valence-electron chi connectivity index (χ3n) is 13.3. The third kappa shape index (κ3) is 5.43. The van der Waals surface area contributed by atoms with Crippen LogP contribution in [0.2, 0.25) is 0 Å². The Morgan fingerprint density at radius 3 is 1.77 bits per heavy atom. The van der Waals surface area contributed by atoms with Crippen molar-refractivity contribution in [3.8, 4) is 56.9 Å². The normalized spacial score (nSPS) is 21.9. The summed E-state index contributed by atoms with van der Waals surface area (Å²) in [6.07, 6.45) is 17.5. The number of aryl methyl sites for hydroxylation is 1. The summed E-state index contributed by atoms with van der Waals surface area (Å²) in [4.78, 5) is 33.5. The van der Waals surface area contributed by atoms with Crippen LogP contribution >= 0.6 is 22.7 Å². The summed E-state index contributed by atoms with van der Waals surface area (Å²) in [6, 6.07) is 0.828. The van der Waals surface area contributed by atoms with Crippen LogP contribution in [0.15, 0.2) is 52.9 Å². The summed E-state index contributed by atoms with van der Waals surface area (Å²) < 4.78 is 4.21. The van der Waals surface area contributed by atoms with Crippen molar-refractivity contribution in [3.05, 3.63) is 70.4 Å². The maximum Gasteiger partial charge on any atom is 0.165 e. The van der Waals surface area contributed by atoms with E-state index < -0.39 is 0 Å². The fourth-order valence-corrected chi connectivity index (χ4v) is 11.4. The van der Waals surface area contributed by atoms with Crippen LogP contribution in [0, 0.1) is 6.92 Å². The van der Waals surface area contributed by atoms with Crippen molar-refractivity contribution in [2.45, 2.75) is 109 Å². The van der Waals surface area contributed by atoms with Crippen LogP contribution in [0.4, 0.5) is 11.6 Å². The van der Waals surface area contributed by atoms with Gasteiger partial charge in [-0.1, -0.05) is 27.7 Å². The number of aromatic amines is 2. The highest BCUT2D eigenvalue weighted by molar-refractivity contribution is 7.08. The Morgan fingerprint density at radius 2 is 1.23 bits per heavy atom. The molecule has 12 rings (SSSR count). The van der Waals surface area contributed by atoms with E-state index in [4.69, 9.17) is 19.9 Å². The molecule has 0 spiro atoms. The minimum atomic E-state index is -0.186. The van der Waals surface area contributed by atoms with Crippen LogP contribution in [0.5, 0.6) is 0 Å². The number of anilines is 2. The van der Waals surface area contributed by atoms with Crippen LogP contribution in [0.25, 0.3) is 56.9 Å². The van der Waals surface area contributed by atoms with Crippen molar-refractivity contribution in [1.29, 1.82) is 0 Å². The van der Waals surface area contributed by atoms with Gasteiger partial charge in [-0.25, -0.2) is 29.9 Å². The number of H-pyrrole nitrogens is 2. The molecule has 8 aromatic heterocycles. The van der Waals surface area contributed by atoms with E-state index in [0.717, 1.165) is 126 Å². The number of nitrogens with one attached hydrogen (secondary N) is 2. The Morgan fingerprint density at radius 1 is 0.672 bits per heavy atom. The van der Waals surface area contributed by atoms with E-state index in [2.05, 4.69) is 97.4 Å². The lowest BCUT2D eigenvalue weighted by molar-refractivity contribution is 0.370. The minimum absolute atomic E-state index is 0.177. The summed E-state index contributed by atoms with van der Waals surface area (Å²) >= 11 is 3.10. The number of aromatic nitrogens is 16. The predicted molar refractivity (Wildman–Crippen MR) is 232 cm³/mol. The van der Waals surface area contributed by atoms with Gasteiger partial charge in [0, 0.05) is 22.8 Å². The molecule has 8 aromatic rings. The number of rotatable bonds is 8. The maximum absolute atomic E-state index is 5.13. The molecule has 2 N–H and O–H groups in total. The van der Waals surface area contributed by atoms with Crippen molar-refractivity contribution in [3.63, 3.8) is 0 Å². The highest BCUT2D eigenvalue weighted by Crippen LogP contribution is 2.54. The molecule has 0 unspecified atom stereocenters. The molecular formula is C41H44N18S2. The van der Waals surface area contributed by atoms with Gasteiger partial charge in [0.15, 0.2) is 34.9 Å². The maximum atomic E-state index is 5.13. The van der Waals surface area contributed by atoms with Gasteiger partial charge in [-0.2, -0.15) is 10.2 Å². The zero-order valence-electron chi connectivity index (χ0n) is 34.5. The molecule has 4 aliphatic rings. The Hall–Kier alpha value is -6.28. The van der Waals surface area contributed by atoms with Crippen LogP contribution in [-0.2, 0) is 11.1 Å². The molecule has 0 amide bonds. The average molecular weight is 853 g/mol. The molecule has 310 valence electrons. The molecular weight excluding hydrogens is 809 g/mol. The molecule has 0 bridgehead atoms. The molecule has 61 heavy (non-hydrogen) atoms. The van der Waals surface area contributed by atoms with Crippen molar-refractivity contribution in [2.24, 2.45) is 0 Å². The number of hydrogen-bond donors (Lipinski definition) is 2. The second-order valence-corrected chi connectivity index (χ2v) is 17.4. The first-order valence-corrected chi connectivity index (χ1v) is 22.8. The molecule has 2 fully saturated rings. The van der Waals surface area contributed by atoms with Crippen LogP contribution in [0.3, 0.4) is 0 Å². The SMILES string of the molecule is CC[C@@H]1CC[C@@]2(CC)c3nnc(C)n3-c3cnc(-c4cn[nH]c4-c4cscn4)nc3N12.CC[C@@H]1CC[C@@]2(CC)c3nncn3-c3cnc(-c4cn[nH]c4-c4cscn4)nc3N12. The molecule has 0 saturated carbocycles. The van der Waals surface area contributed by atoms with Gasteiger partial charge in [-0.3, -0.25) is 19.3 Å². The van der Waals surface area contributed by atoms with Gasteiger partial charge in [-0.15, -0.1) is 43.1 Å². The highest BCUT2D eigenvalue weighted by Gasteiger charge is 2.54. The van der Waals surface area contributed by atoms with Gasteiger partial charge in [-0.05, 0) is 58.3 Å². The first kappa shape index (κ1) is 37.7. The van der Waals surface area contributed by atoms with Crippen LogP contribution in [0.1, 0.15) is 96.5 Å². The van der Waals surface area contributed by atoms with Gasteiger partial charge in [0.2, 0.25) is 0 Å². The molecule has 20 heteroatoms. The Labute approximate surface area is 359 Å². The van der Waals surface area contributed by atoms with Gasteiger partial charge < -0.3 is 9.80 Å². The summed E-state index contributed by atoms with van der Waals surface area (Å²) in [5.74, 6) is 6.08. The lowest BCUT2D eigenvalue weighted by atomic mass is 9.90. The van der Waals surface area contributed by atoms with E-state index in [0.29, 0.717) is 23.7 Å². The first-order valence-electron chi connectivity index (χ1n) is 21.0. The van der Waals surface area contributed by atoms with Gasteiger partial charge in [0.1, 0.15) is 34.6 Å². The molecule has 0 aliphatic carbocycles. The topological polar surface area (TPSA) is 203 Å². The quantitative estimate of drug-likeness (QED) is 0.153. The second-order valence-electron chi connectivity index (χ2n) is 16.0. The predicted octanol–water partition coefficient (Wildman–Crippen LogP) is 7.45. The number of nitrogens with zero attached hydrogens (tertiary/aromatic N) is 16. The molecule has 4 aliphatic heterocycles. The molecule has 18 nitrogen and oxygen atoms in total. The summed E-state index contributed by atoms with van der Waals surface area (Å²) in [7, 11) is 0. The van der Waals surface area contributed by atoms with Crippen LogP contribution < -0.4 is 9.80 Å². The van der Waals surface area contributed by atoms with Crippen molar-refractivity contribution in [2.75, 3.05) is 9.80 Å². The molecule has 2 saturated heterocycles. The van der Waals surface area contributed by atoms with E-state index in [-0.39, 0.29) is 11.1 Å². The average Bonchev–Trinajstić information content (AvgIpc) is 4.15. The third-order valence-corrected chi connectivity index (χ3v) is 14.5. The minimum Gasteiger partial charge on any atom is -0.339 e. The van der Waals surface area contributed by atoms with Gasteiger partial charge >= 0.3 is 0 Å². The first-order chi connectivity index (χ1) is 29.9. The van der Waals surface area contributed by atoms with Crippen molar-refractivity contribution in [1.82, 2.24) is 79.8 Å². The van der Waals surface area contributed by atoms with Crippen molar-refractivity contribution >= 4 is 34.3 Å². The molecule has 4 atom stereocenters. The summed E-state index contributed by atoms with van der Waals surface area (Å²) in [6.45, 7) is 11.0. The molecule has 0 radical (unpaired) electrons. The van der Waals surface area contributed by atoms with E-state index >= 15 is 0 Å². The zero-order chi connectivity index (χ0) is 41.5. The molecule has 12 heterocycles. The Balaban J connectivity index is 0.000000138. The monoisotopic (exact) mass is 852 g/mol. The van der Waals surface area contributed by atoms with E-state index in [1.807, 2.05) is 41.1 Å². The Bertz CT molecular complexity index is 2860. The summed E-state index contributed by atoms with van der Waals surface area (Å²) in [5, 5.41) is 36.4. The Kier molecular flexibility index (Phi) is 8.92. The lowest BCUT2D eigenvalue weighted by Crippen LogP contribution is -2.50. The van der Waals surface area contributed by atoms with Crippen molar-refractivity contribution < 1.29 is 0 Å². The number of fused-ring (bicyclic) bond motifs is 12.